The van der Waals surface area contributed by atoms with Gasteiger partial charge < -0.3 is 20.4 Å². The minimum Gasteiger partial charge on any atom is -0.756 e. The molecule has 5 N–H and O–H groups in total. The van der Waals surface area contributed by atoms with Gasteiger partial charge in [-0.1, -0.05) is 5.10 Å². The van der Waals surface area contributed by atoms with Crippen molar-refractivity contribution < 1.29 is 24.3 Å². The Bertz CT molecular complexity index is 223. The molecule has 9 heteroatoms. The maximum absolute atomic E-state index is 8.77. The lowest BCUT2D eigenvalue weighted by molar-refractivity contribution is -0.445. The maximum Gasteiger partial charge on any atom is 0.262 e. The third-order valence-electron chi connectivity index (χ3n) is 0.407. The van der Waals surface area contributed by atoms with Gasteiger partial charge in [0.15, 0.2) is 0 Å². The molecule has 7 nitrogen and oxygen atoms in total. The number of hydrogen-bond donors (Lipinski definition) is 3. The van der Waals surface area contributed by atoms with Gasteiger partial charge in [0.2, 0.25) is 0 Å². The van der Waals surface area contributed by atoms with Crippen LogP contribution in [-0.4, -0.2) is 14.9 Å². The monoisotopic (exact) mass is 199 g/mol. The highest BCUT2D eigenvalue weighted by Gasteiger charge is 1.86. The first kappa shape index (κ1) is 10.5. The SMILES string of the molecule is Nc1n[nH+]cs1.O=P([O-])(O)O. The first-order chi connectivity index (χ1) is 4.89. The largest absolute Gasteiger partial charge is 0.756 e. The standard InChI is InChI=1S/C2H3N3S.H3O4P/c3-2-5-4-1-6-2;1-5(2,3)4/h1H,(H2,3,5);(H3,1,2,3,4). The van der Waals surface area contributed by atoms with E-state index in [0.29, 0.717) is 5.13 Å². The Hall–Kier alpha value is -0.530. The van der Waals surface area contributed by atoms with Crippen LogP contribution in [0.25, 0.3) is 0 Å². The zero-order valence-electron chi connectivity index (χ0n) is 5.17. The molecule has 0 amide bonds. The summed E-state index contributed by atoms with van der Waals surface area (Å²) in [4.78, 5) is 22.9. The summed E-state index contributed by atoms with van der Waals surface area (Å²) in [7, 11) is -4.89. The first-order valence-electron chi connectivity index (χ1n) is 2.23. The van der Waals surface area contributed by atoms with Gasteiger partial charge in [-0.25, -0.2) is 0 Å². The third kappa shape index (κ3) is 12.6. The predicted octanol–water partition coefficient (Wildman–Crippen LogP) is -2.02. The van der Waals surface area contributed by atoms with Crippen LogP contribution in [0.15, 0.2) is 5.51 Å². The first-order valence-corrected chi connectivity index (χ1v) is 4.64. The number of anilines is 1. The average Bonchev–Trinajstić information content (AvgIpc) is 2.12. The van der Waals surface area contributed by atoms with E-state index in [2.05, 4.69) is 10.2 Å². The quantitative estimate of drug-likeness (QED) is 0.413. The Balaban J connectivity index is 0.000000187. The molecule has 0 spiro atoms. The molecule has 0 aliphatic carbocycles. The Labute approximate surface area is 65.8 Å². The second-order valence-corrected chi connectivity index (χ2v) is 3.18. The molecule has 0 bridgehead atoms. The van der Waals surface area contributed by atoms with Gasteiger partial charge in [0.1, 0.15) is 0 Å². The van der Waals surface area contributed by atoms with Crippen LogP contribution in [0, 0.1) is 0 Å². The maximum atomic E-state index is 8.77. The molecular formula is C2H6N3O4PS. The minimum absolute atomic E-state index is 0.579. The fourth-order valence-electron chi connectivity index (χ4n) is 0.203. The van der Waals surface area contributed by atoms with Crippen molar-refractivity contribution in [2.24, 2.45) is 0 Å². The average molecular weight is 199 g/mol. The molecule has 1 aromatic rings. The summed E-state index contributed by atoms with van der Waals surface area (Å²) in [6.07, 6.45) is 0. The van der Waals surface area contributed by atoms with Gasteiger partial charge in [0.05, 0.1) is 0 Å². The normalized spacial score (nSPS) is 10.1. The fourth-order valence-corrected chi connectivity index (χ4v) is 0.535. The number of aromatic amines is 1. The molecule has 1 heterocycles. The van der Waals surface area contributed by atoms with E-state index in [-0.39, 0.29) is 0 Å². The van der Waals surface area contributed by atoms with Crippen molar-refractivity contribution in [1.82, 2.24) is 5.10 Å². The number of nitrogens with zero attached hydrogens (tertiary/aromatic N) is 1. The zero-order valence-corrected chi connectivity index (χ0v) is 6.88. The van der Waals surface area contributed by atoms with E-state index in [1.807, 2.05) is 0 Å². The summed E-state index contributed by atoms with van der Waals surface area (Å²) in [5.41, 5.74) is 6.87. The molecule has 0 atom stereocenters. The van der Waals surface area contributed by atoms with Gasteiger partial charge in [0, 0.05) is 5.10 Å². The van der Waals surface area contributed by atoms with Crippen molar-refractivity contribution in [2.75, 3.05) is 5.73 Å². The van der Waals surface area contributed by atoms with Crippen LogP contribution in [0.1, 0.15) is 0 Å². The molecule has 0 aromatic carbocycles. The summed E-state index contributed by atoms with van der Waals surface area (Å²) < 4.78 is 8.77. The molecular weight excluding hydrogens is 193 g/mol. The summed E-state index contributed by atoms with van der Waals surface area (Å²) in [5.74, 6) is 0. The van der Waals surface area contributed by atoms with Crippen molar-refractivity contribution in [1.29, 1.82) is 0 Å². The highest BCUT2D eigenvalue weighted by Crippen LogP contribution is 2.18. The van der Waals surface area contributed by atoms with Crippen molar-refractivity contribution in [2.45, 2.75) is 0 Å². The van der Waals surface area contributed by atoms with Crippen molar-refractivity contribution >= 4 is 24.3 Å². The Morgan fingerprint density at radius 2 is 2.27 bits per heavy atom. The smallest absolute Gasteiger partial charge is 0.262 e. The van der Waals surface area contributed by atoms with E-state index in [0.717, 1.165) is 0 Å². The fraction of sp³-hybridized carbons (Fsp3) is 0. The molecule has 0 saturated carbocycles. The van der Waals surface area contributed by atoms with E-state index in [4.69, 9.17) is 25.0 Å². The van der Waals surface area contributed by atoms with Crippen LogP contribution in [0.3, 0.4) is 0 Å². The molecule has 64 valence electrons. The van der Waals surface area contributed by atoms with Crippen molar-refractivity contribution in [3.05, 3.63) is 5.51 Å². The number of hydrogen-bond acceptors (Lipinski definition) is 5. The second kappa shape index (κ2) is 4.37. The molecule has 1 rings (SSSR count). The zero-order chi connectivity index (χ0) is 8.91. The van der Waals surface area contributed by atoms with Gasteiger partial charge in [-0.05, 0) is 11.3 Å². The molecule has 1 aromatic heterocycles. The molecule has 11 heavy (non-hydrogen) atoms. The predicted molar refractivity (Wildman–Crippen MR) is 35.1 cm³/mol. The molecule has 0 saturated heterocycles. The molecule has 0 unspecified atom stereocenters. The number of aromatic nitrogens is 2. The lowest BCUT2D eigenvalue weighted by Gasteiger charge is -2.01. The number of phosphoric acid groups is 1. The molecule has 0 fully saturated rings. The summed E-state index contributed by atoms with van der Waals surface area (Å²) >= 11 is 1.39. The Morgan fingerprint density at radius 3 is 2.36 bits per heavy atom. The Morgan fingerprint density at radius 1 is 1.82 bits per heavy atom. The summed E-state index contributed by atoms with van der Waals surface area (Å²) in [6, 6.07) is 0. The highest BCUT2D eigenvalue weighted by molar-refractivity contribution is 7.43. The van der Waals surface area contributed by atoms with Gasteiger partial charge in [-0.2, -0.15) is 0 Å². The van der Waals surface area contributed by atoms with Crippen LogP contribution in [0.5, 0.6) is 0 Å². The van der Waals surface area contributed by atoms with Crippen molar-refractivity contribution in [3.63, 3.8) is 0 Å². The molecule has 0 radical (unpaired) electrons. The van der Waals surface area contributed by atoms with Crippen LogP contribution in [0.2, 0.25) is 0 Å². The lowest BCUT2D eigenvalue weighted by Crippen LogP contribution is -1.99. The second-order valence-electron chi connectivity index (χ2n) is 1.31. The van der Waals surface area contributed by atoms with Gasteiger partial charge >= 0.3 is 0 Å². The van der Waals surface area contributed by atoms with Gasteiger partial charge in [0.25, 0.3) is 18.5 Å². The topological polar surface area (TPSA) is 134 Å². The third-order valence-corrected chi connectivity index (χ3v) is 0.963. The van der Waals surface area contributed by atoms with E-state index in [9.17, 15) is 0 Å². The van der Waals surface area contributed by atoms with E-state index in [1.54, 1.807) is 5.51 Å². The molecule has 0 aliphatic heterocycles. The van der Waals surface area contributed by atoms with Crippen LogP contribution in [0.4, 0.5) is 5.13 Å². The van der Waals surface area contributed by atoms with Crippen molar-refractivity contribution in [3.8, 4) is 0 Å². The summed E-state index contributed by atoms with van der Waals surface area (Å²) in [6.45, 7) is 0. The number of H-pyrrole nitrogens is 1. The van der Waals surface area contributed by atoms with E-state index in [1.165, 1.54) is 11.3 Å². The number of nitrogens with one attached hydrogen (secondary N) is 1. The number of nitrogens with two attached hydrogens (primary N) is 1. The number of nitrogen functional groups attached to an aromatic ring is 1. The summed E-state index contributed by atoms with van der Waals surface area (Å²) in [5, 5.41) is 6.74. The van der Waals surface area contributed by atoms with Gasteiger partial charge in [-0.3, -0.25) is 4.57 Å². The van der Waals surface area contributed by atoms with Crippen LogP contribution < -0.4 is 15.7 Å². The lowest BCUT2D eigenvalue weighted by atomic mass is 11.3. The highest BCUT2D eigenvalue weighted by atomic mass is 32.1. The van der Waals surface area contributed by atoms with Crippen LogP contribution >= 0.6 is 19.2 Å². The number of rotatable bonds is 0. The minimum atomic E-state index is -4.89. The van der Waals surface area contributed by atoms with Crippen LogP contribution in [-0.2, 0) is 4.57 Å². The van der Waals surface area contributed by atoms with E-state index >= 15 is 0 Å². The molecule has 0 aliphatic rings. The Kier molecular flexibility index (Phi) is 4.16. The van der Waals surface area contributed by atoms with Gasteiger partial charge in [-0.15, -0.1) is 0 Å². The van der Waals surface area contributed by atoms with E-state index < -0.39 is 7.82 Å².